The van der Waals surface area contributed by atoms with Gasteiger partial charge in [-0.1, -0.05) is 11.6 Å². The zero-order valence-corrected chi connectivity index (χ0v) is 8.93. The van der Waals surface area contributed by atoms with E-state index in [1.165, 1.54) is 7.11 Å². The average Bonchev–Trinajstić information content (AvgIpc) is 2.27. The van der Waals surface area contributed by atoms with E-state index in [1.807, 2.05) is 0 Å². The Morgan fingerprint density at radius 3 is 3.13 bits per heavy atom. The first-order valence-corrected chi connectivity index (χ1v) is 4.88. The zero-order chi connectivity index (χ0) is 10.8. The van der Waals surface area contributed by atoms with Crippen molar-refractivity contribution in [1.82, 2.24) is 0 Å². The van der Waals surface area contributed by atoms with E-state index in [4.69, 9.17) is 16.3 Å². The molecular formula is C10H10ClNO3. The largest absolute Gasteiger partial charge is 0.490 e. The maximum absolute atomic E-state index is 11.3. The average molecular weight is 228 g/mol. The lowest BCUT2D eigenvalue weighted by molar-refractivity contribution is 0.0600. The molecule has 4 nitrogen and oxygen atoms in total. The van der Waals surface area contributed by atoms with E-state index in [0.717, 1.165) is 12.2 Å². The molecule has 1 aromatic carbocycles. The van der Waals surface area contributed by atoms with Crippen LogP contribution in [-0.4, -0.2) is 26.2 Å². The number of rotatable bonds is 1. The lowest BCUT2D eigenvalue weighted by atomic mass is 10.1. The number of halogens is 1. The molecule has 15 heavy (non-hydrogen) atoms. The van der Waals surface area contributed by atoms with Crippen LogP contribution in [-0.2, 0) is 4.74 Å². The zero-order valence-electron chi connectivity index (χ0n) is 8.17. The Bertz CT molecular complexity index is 406. The van der Waals surface area contributed by atoms with Crippen molar-refractivity contribution < 1.29 is 14.3 Å². The minimum Gasteiger partial charge on any atom is -0.490 e. The molecule has 0 aliphatic carbocycles. The highest BCUT2D eigenvalue weighted by Crippen LogP contribution is 2.33. The first kappa shape index (κ1) is 10.1. The van der Waals surface area contributed by atoms with Crippen LogP contribution in [0.15, 0.2) is 12.1 Å². The van der Waals surface area contributed by atoms with E-state index in [0.29, 0.717) is 22.9 Å². The van der Waals surface area contributed by atoms with Gasteiger partial charge in [0.2, 0.25) is 0 Å². The fourth-order valence-corrected chi connectivity index (χ4v) is 1.66. The minimum atomic E-state index is -0.461. The summed E-state index contributed by atoms with van der Waals surface area (Å²) in [6.45, 7) is 1.32. The summed E-state index contributed by atoms with van der Waals surface area (Å²) in [5.74, 6) is 0.169. The van der Waals surface area contributed by atoms with Crippen molar-refractivity contribution in [2.45, 2.75) is 0 Å². The predicted octanol–water partition coefficient (Wildman–Crippen LogP) is 1.93. The molecule has 0 amide bonds. The second kappa shape index (κ2) is 3.98. The van der Waals surface area contributed by atoms with Gasteiger partial charge in [0, 0.05) is 6.54 Å². The molecule has 2 rings (SSSR count). The van der Waals surface area contributed by atoms with Gasteiger partial charge < -0.3 is 14.8 Å². The number of fused-ring (bicyclic) bond motifs is 1. The van der Waals surface area contributed by atoms with Crippen LogP contribution < -0.4 is 10.1 Å². The normalized spacial score (nSPS) is 13.5. The maximum Gasteiger partial charge on any atom is 0.339 e. The molecule has 80 valence electrons. The van der Waals surface area contributed by atoms with Crippen molar-refractivity contribution >= 4 is 23.3 Å². The van der Waals surface area contributed by atoms with Crippen molar-refractivity contribution in [3.8, 4) is 5.75 Å². The molecule has 5 heteroatoms. The molecule has 0 fully saturated rings. The summed E-state index contributed by atoms with van der Waals surface area (Å²) in [6.07, 6.45) is 0. The van der Waals surface area contributed by atoms with Crippen LogP contribution in [0.3, 0.4) is 0 Å². The van der Waals surface area contributed by atoms with Crippen LogP contribution in [0.1, 0.15) is 10.4 Å². The summed E-state index contributed by atoms with van der Waals surface area (Å²) in [6, 6.07) is 3.26. The molecule has 1 aliphatic rings. The highest BCUT2D eigenvalue weighted by Gasteiger charge is 2.17. The van der Waals surface area contributed by atoms with Crippen molar-refractivity contribution in [2.75, 3.05) is 25.6 Å². The van der Waals surface area contributed by atoms with Gasteiger partial charge >= 0.3 is 5.97 Å². The van der Waals surface area contributed by atoms with Gasteiger partial charge in [-0.05, 0) is 12.1 Å². The molecule has 0 radical (unpaired) electrons. The van der Waals surface area contributed by atoms with Crippen molar-refractivity contribution in [2.24, 2.45) is 0 Å². The molecule has 0 spiro atoms. The summed E-state index contributed by atoms with van der Waals surface area (Å²) < 4.78 is 9.99. The van der Waals surface area contributed by atoms with Gasteiger partial charge in [0.15, 0.2) is 0 Å². The molecule has 1 heterocycles. The summed E-state index contributed by atoms with van der Waals surface area (Å²) in [7, 11) is 1.32. The van der Waals surface area contributed by atoms with Gasteiger partial charge in [-0.15, -0.1) is 0 Å². The Morgan fingerprint density at radius 2 is 2.40 bits per heavy atom. The van der Waals surface area contributed by atoms with E-state index in [-0.39, 0.29) is 0 Å². The van der Waals surface area contributed by atoms with Gasteiger partial charge in [0.05, 0.1) is 23.4 Å². The Kier molecular flexibility index (Phi) is 2.68. The molecule has 0 saturated carbocycles. The van der Waals surface area contributed by atoms with Gasteiger partial charge in [-0.2, -0.15) is 0 Å². The second-order valence-electron chi connectivity index (χ2n) is 3.10. The van der Waals surface area contributed by atoms with E-state index in [1.54, 1.807) is 12.1 Å². The second-order valence-corrected chi connectivity index (χ2v) is 3.50. The Balaban J connectivity index is 2.44. The number of ether oxygens (including phenoxy) is 2. The molecule has 0 atom stereocenters. The SMILES string of the molecule is COC(=O)c1cc2c(cc1Cl)NCCO2. The third-order valence-corrected chi connectivity index (χ3v) is 2.46. The van der Waals surface area contributed by atoms with Gasteiger partial charge in [0.25, 0.3) is 0 Å². The number of hydrogen-bond acceptors (Lipinski definition) is 4. The van der Waals surface area contributed by atoms with Gasteiger partial charge in [0.1, 0.15) is 12.4 Å². The summed E-state index contributed by atoms with van der Waals surface area (Å²) in [5, 5.41) is 3.49. The van der Waals surface area contributed by atoms with Crippen molar-refractivity contribution in [3.05, 3.63) is 22.7 Å². The van der Waals surface area contributed by atoms with E-state index >= 15 is 0 Å². The fraction of sp³-hybridized carbons (Fsp3) is 0.300. The standard InChI is InChI=1S/C10H10ClNO3/c1-14-10(13)6-4-9-8(5-7(6)11)12-2-3-15-9/h4-5,12H,2-3H2,1H3. The lowest BCUT2D eigenvalue weighted by Crippen LogP contribution is -2.18. The molecule has 0 saturated heterocycles. The molecule has 1 N–H and O–H groups in total. The first-order chi connectivity index (χ1) is 7.22. The number of esters is 1. The smallest absolute Gasteiger partial charge is 0.339 e. The fourth-order valence-electron chi connectivity index (χ4n) is 1.42. The number of benzene rings is 1. The quantitative estimate of drug-likeness (QED) is 0.745. The molecule has 1 aliphatic heterocycles. The molecule has 0 aromatic heterocycles. The van der Waals surface area contributed by atoms with Crippen molar-refractivity contribution in [1.29, 1.82) is 0 Å². The van der Waals surface area contributed by atoms with Gasteiger partial charge in [-0.3, -0.25) is 0 Å². The van der Waals surface area contributed by atoms with Crippen molar-refractivity contribution in [3.63, 3.8) is 0 Å². The van der Waals surface area contributed by atoms with Gasteiger partial charge in [-0.25, -0.2) is 4.79 Å². The Hall–Kier alpha value is -1.42. The maximum atomic E-state index is 11.3. The third kappa shape index (κ3) is 1.85. The predicted molar refractivity (Wildman–Crippen MR) is 56.8 cm³/mol. The van der Waals surface area contributed by atoms with Crippen LogP contribution >= 0.6 is 11.6 Å². The molecule has 0 unspecified atom stereocenters. The molecule has 0 bridgehead atoms. The number of hydrogen-bond donors (Lipinski definition) is 1. The van der Waals surface area contributed by atoms with Crippen LogP contribution in [0.5, 0.6) is 5.75 Å². The Morgan fingerprint density at radius 1 is 1.60 bits per heavy atom. The first-order valence-electron chi connectivity index (χ1n) is 4.51. The number of anilines is 1. The van der Waals surface area contributed by atoms with Crippen LogP contribution in [0, 0.1) is 0 Å². The summed E-state index contributed by atoms with van der Waals surface area (Å²) in [5.41, 5.74) is 1.13. The highest BCUT2D eigenvalue weighted by atomic mass is 35.5. The van der Waals surface area contributed by atoms with Crippen LogP contribution in [0.25, 0.3) is 0 Å². The summed E-state index contributed by atoms with van der Waals surface area (Å²) >= 11 is 5.94. The Labute approximate surface area is 92.1 Å². The number of nitrogens with one attached hydrogen (secondary N) is 1. The molecular weight excluding hydrogens is 218 g/mol. The molecule has 1 aromatic rings. The van der Waals surface area contributed by atoms with Crippen LogP contribution in [0.4, 0.5) is 5.69 Å². The highest BCUT2D eigenvalue weighted by molar-refractivity contribution is 6.34. The number of methoxy groups -OCH3 is 1. The minimum absolute atomic E-state index is 0.321. The topological polar surface area (TPSA) is 47.6 Å². The van der Waals surface area contributed by atoms with E-state index < -0.39 is 5.97 Å². The third-order valence-electron chi connectivity index (χ3n) is 2.15. The van der Waals surface area contributed by atoms with E-state index in [2.05, 4.69) is 10.1 Å². The lowest BCUT2D eigenvalue weighted by Gasteiger charge is -2.20. The summed E-state index contributed by atoms with van der Waals surface area (Å²) in [4.78, 5) is 11.3. The number of carbonyl (C=O) groups is 1. The monoisotopic (exact) mass is 227 g/mol. The number of carbonyl (C=O) groups excluding carboxylic acids is 1. The van der Waals surface area contributed by atoms with Crippen LogP contribution in [0.2, 0.25) is 5.02 Å². The van der Waals surface area contributed by atoms with E-state index in [9.17, 15) is 4.79 Å².